The summed E-state index contributed by atoms with van der Waals surface area (Å²) in [5, 5.41) is 0.315. The molecule has 0 N–H and O–H groups in total. The number of nitrogens with zero attached hydrogens (tertiary/aromatic N) is 2. The summed E-state index contributed by atoms with van der Waals surface area (Å²) in [6, 6.07) is 7.74. The number of rotatable bonds is 2. The molecule has 0 spiro atoms. The summed E-state index contributed by atoms with van der Waals surface area (Å²) in [5.74, 6) is 0.492. The van der Waals surface area contributed by atoms with Crippen molar-refractivity contribution in [3.63, 3.8) is 0 Å². The summed E-state index contributed by atoms with van der Waals surface area (Å²) in [6.07, 6.45) is 1.42. The summed E-state index contributed by atoms with van der Waals surface area (Å²) < 4.78 is 6.20. The predicted octanol–water partition coefficient (Wildman–Crippen LogP) is 3.57. The van der Waals surface area contributed by atoms with Crippen LogP contribution in [0.4, 0.5) is 0 Å². The largest absolute Gasteiger partial charge is 0.491 e. The first-order valence-electron chi connectivity index (χ1n) is 4.53. The molecule has 2 aromatic rings. The predicted molar refractivity (Wildman–Crippen MR) is 66.7 cm³/mol. The van der Waals surface area contributed by atoms with Gasteiger partial charge in [0, 0.05) is 10.0 Å². The standard InChI is InChI=1S/C11H8BrClN2O/c1-16-10-9(14-6-15-11(10)13)7-2-4-8(12)5-3-7/h2-6H,1H3. The first-order valence-corrected chi connectivity index (χ1v) is 5.70. The highest BCUT2D eigenvalue weighted by molar-refractivity contribution is 9.10. The molecule has 0 radical (unpaired) electrons. The Kier molecular flexibility index (Phi) is 3.41. The monoisotopic (exact) mass is 298 g/mol. The summed E-state index contributed by atoms with van der Waals surface area (Å²) in [7, 11) is 1.55. The molecule has 82 valence electrons. The summed E-state index contributed by atoms with van der Waals surface area (Å²) in [6.45, 7) is 0. The Bertz CT molecular complexity index is 502. The number of hydrogen-bond acceptors (Lipinski definition) is 3. The topological polar surface area (TPSA) is 35.0 Å². The van der Waals surface area contributed by atoms with Gasteiger partial charge in [0.25, 0.3) is 0 Å². The summed E-state index contributed by atoms with van der Waals surface area (Å²) >= 11 is 9.30. The normalized spacial score (nSPS) is 10.2. The third kappa shape index (κ3) is 2.18. The van der Waals surface area contributed by atoms with Crippen molar-refractivity contribution in [3.05, 3.63) is 40.2 Å². The van der Waals surface area contributed by atoms with Gasteiger partial charge in [-0.05, 0) is 12.1 Å². The zero-order valence-electron chi connectivity index (χ0n) is 8.45. The quantitative estimate of drug-likeness (QED) is 0.795. The van der Waals surface area contributed by atoms with Crippen molar-refractivity contribution >= 4 is 27.5 Å². The van der Waals surface area contributed by atoms with E-state index in [0.717, 1.165) is 10.0 Å². The van der Waals surface area contributed by atoms with Crippen molar-refractivity contribution in [2.75, 3.05) is 7.11 Å². The molecule has 0 bridgehead atoms. The first-order chi connectivity index (χ1) is 7.72. The number of hydrogen-bond donors (Lipinski definition) is 0. The minimum atomic E-state index is 0.315. The third-order valence-electron chi connectivity index (χ3n) is 2.08. The molecule has 0 amide bonds. The molecule has 16 heavy (non-hydrogen) atoms. The lowest BCUT2D eigenvalue weighted by Crippen LogP contribution is -1.94. The number of aromatic nitrogens is 2. The van der Waals surface area contributed by atoms with Gasteiger partial charge in [-0.2, -0.15) is 0 Å². The minimum absolute atomic E-state index is 0.315. The van der Waals surface area contributed by atoms with Gasteiger partial charge in [0.15, 0.2) is 10.9 Å². The van der Waals surface area contributed by atoms with Gasteiger partial charge in [-0.15, -0.1) is 0 Å². The molecule has 5 heteroatoms. The van der Waals surface area contributed by atoms with E-state index < -0.39 is 0 Å². The van der Waals surface area contributed by atoms with Gasteiger partial charge in [0.1, 0.15) is 12.0 Å². The molecule has 0 fully saturated rings. The van der Waals surface area contributed by atoms with Crippen LogP contribution in [0, 0.1) is 0 Å². The van der Waals surface area contributed by atoms with E-state index >= 15 is 0 Å². The van der Waals surface area contributed by atoms with Crippen LogP contribution in [0.3, 0.4) is 0 Å². The van der Waals surface area contributed by atoms with Crippen LogP contribution in [0.1, 0.15) is 0 Å². The number of ether oxygens (including phenoxy) is 1. The van der Waals surface area contributed by atoms with Gasteiger partial charge in [-0.1, -0.05) is 39.7 Å². The van der Waals surface area contributed by atoms with Crippen LogP contribution in [0.2, 0.25) is 5.15 Å². The molecule has 1 aromatic heterocycles. The fourth-order valence-corrected chi connectivity index (χ4v) is 1.82. The van der Waals surface area contributed by atoms with E-state index in [1.165, 1.54) is 6.33 Å². The van der Waals surface area contributed by atoms with Gasteiger partial charge in [0.05, 0.1) is 7.11 Å². The number of halogens is 2. The average Bonchev–Trinajstić information content (AvgIpc) is 2.30. The van der Waals surface area contributed by atoms with E-state index in [4.69, 9.17) is 16.3 Å². The van der Waals surface area contributed by atoms with Crippen LogP contribution in [-0.4, -0.2) is 17.1 Å². The van der Waals surface area contributed by atoms with E-state index in [-0.39, 0.29) is 0 Å². The lowest BCUT2D eigenvalue weighted by Gasteiger charge is -2.08. The van der Waals surface area contributed by atoms with Crippen LogP contribution in [0.5, 0.6) is 5.75 Å². The van der Waals surface area contributed by atoms with E-state index in [9.17, 15) is 0 Å². The Morgan fingerprint density at radius 3 is 2.50 bits per heavy atom. The smallest absolute Gasteiger partial charge is 0.182 e. The Labute approximate surface area is 107 Å². The lowest BCUT2D eigenvalue weighted by molar-refractivity contribution is 0.413. The molecule has 1 heterocycles. The van der Waals surface area contributed by atoms with Gasteiger partial charge in [-0.25, -0.2) is 9.97 Å². The van der Waals surface area contributed by atoms with E-state index in [0.29, 0.717) is 16.6 Å². The summed E-state index contributed by atoms with van der Waals surface area (Å²) in [4.78, 5) is 8.05. The Hall–Kier alpha value is -1.13. The number of methoxy groups -OCH3 is 1. The molecular weight excluding hydrogens is 291 g/mol. The first kappa shape index (κ1) is 11.4. The zero-order chi connectivity index (χ0) is 11.5. The highest BCUT2D eigenvalue weighted by Crippen LogP contribution is 2.32. The molecule has 2 rings (SSSR count). The Balaban J connectivity index is 2.55. The number of benzene rings is 1. The molecule has 1 aromatic carbocycles. The lowest BCUT2D eigenvalue weighted by atomic mass is 10.1. The fraction of sp³-hybridized carbons (Fsp3) is 0.0909. The van der Waals surface area contributed by atoms with Crippen LogP contribution in [0.15, 0.2) is 35.1 Å². The second kappa shape index (κ2) is 4.80. The van der Waals surface area contributed by atoms with Gasteiger partial charge >= 0.3 is 0 Å². The SMILES string of the molecule is COc1c(Cl)ncnc1-c1ccc(Br)cc1. The highest BCUT2D eigenvalue weighted by atomic mass is 79.9. The van der Waals surface area contributed by atoms with Crippen molar-refractivity contribution in [2.24, 2.45) is 0 Å². The van der Waals surface area contributed by atoms with Crippen molar-refractivity contribution in [3.8, 4) is 17.0 Å². The minimum Gasteiger partial charge on any atom is -0.491 e. The molecule has 0 aliphatic carbocycles. The molecule has 3 nitrogen and oxygen atoms in total. The zero-order valence-corrected chi connectivity index (χ0v) is 10.8. The van der Waals surface area contributed by atoms with Crippen LogP contribution >= 0.6 is 27.5 Å². The van der Waals surface area contributed by atoms with Crippen LogP contribution < -0.4 is 4.74 Å². The Morgan fingerprint density at radius 1 is 1.19 bits per heavy atom. The van der Waals surface area contributed by atoms with E-state index in [1.807, 2.05) is 24.3 Å². The molecule has 0 unspecified atom stereocenters. The van der Waals surface area contributed by atoms with Crippen LogP contribution in [0.25, 0.3) is 11.3 Å². The Morgan fingerprint density at radius 2 is 1.88 bits per heavy atom. The fourth-order valence-electron chi connectivity index (χ4n) is 1.35. The van der Waals surface area contributed by atoms with Crippen LogP contribution in [-0.2, 0) is 0 Å². The van der Waals surface area contributed by atoms with E-state index in [2.05, 4.69) is 25.9 Å². The third-order valence-corrected chi connectivity index (χ3v) is 2.88. The van der Waals surface area contributed by atoms with Crippen molar-refractivity contribution in [2.45, 2.75) is 0 Å². The van der Waals surface area contributed by atoms with Crippen molar-refractivity contribution in [1.82, 2.24) is 9.97 Å². The molecular formula is C11H8BrClN2O. The molecule has 0 aliphatic rings. The highest BCUT2D eigenvalue weighted by Gasteiger charge is 2.11. The molecule has 0 atom stereocenters. The maximum absolute atomic E-state index is 5.93. The second-order valence-electron chi connectivity index (χ2n) is 3.05. The average molecular weight is 300 g/mol. The van der Waals surface area contributed by atoms with Crippen molar-refractivity contribution in [1.29, 1.82) is 0 Å². The molecule has 0 saturated carbocycles. The van der Waals surface area contributed by atoms with Gasteiger partial charge in [0.2, 0.25) is 0 Å². The van der Waals surface area contributed by atoms with E-state index in [1.54, 1.807) is 7.11 Å². The maximum Gasteiger partial charge on any atom is 0.182 e. The van der Waals surface area contributed by atoms with Gasteiger partial charge in [-0.3, -0.25) is 0 Å². The molecule has 0 aliphatic heterocycles. The van der Waals surface area contributed by atoms with Gasteiger partial charge < -0.3 is 4.74 Å². The summed E-state index contributed by atoms with van der Waals surface area (Å²) in [5.41, 5.74) is 1.62. The molecule has 0 saturated heterocycles. The second-order valence-corrected chi connectivity index (χ2v) is 4.33. The van der Waals surface area contributed by atoms with Crippen molar-refractivity contribution < 1.29 is 4.74 Å². The maximum atomic E-state index is 5.93.